The maximum absolute atomic E-state index is 12.7. The van der Waals surface area contributed by atoms with Gasteiger partial charge in [0.15, 0.2) is 0 Å². The summed E-state index contributed by atoms with van der Waals surface area (Å²) in [5.74, 6) is -0.116. The molecule has 5 nitrogen and oxygen atoms in total. The fourth-order valence-electron chi connectivity index (χ4n) is 2.97. The lowest BCUT2D eigenvalue weighted by Crippen LogP contribution is -2.31. The smallest absolute Gasteiger partial charge is 0.284 e. The van der Waals surface area contributed by atoms with Crippen molar-refractivity contribution in [2.24, 2.45) is 0 Å². The molecule has 7 heteroatoms. The zero-order valence-electron chi connectivity index (χ0n) is 14.2. The van der Waals surface area contributed by atoms with Crippen molar-refractivity contribution in [2.45, 2.75) is 35.5 Å². The van der Waals surface area contributed by atoms with E-state index in [0.717, 1.165) is 48.1 Å². The van der Waals surface area contributed by atoms with Crippen molar-refractivity contribution in [3.05, 3.63) is 62.6 Å². The number of likely N-dealkylation sites (tertiary alicyclic amines) is 1. The van der Waals surface area contributed by atoms with Crippen molar-refractivity contribution in [3.63, 3.8) is 0 Å². The van der Waals surface area contributed by atoms with Crippen LogP contribution in [0.5, 0.6) is 0 Å². The first kappa shape index (κ1) is 18.9. The Labute approximate surface area is 165 Å². The number of rotatable bonds is 4. The number of hydrogen-bond acceptors (Lipinski definition) is 4. The summed E-state index contributed by atoms with van der Waals surface area (Å²) in [4.78, 5) is 27.1. The van der Waals surface area contributed by atoms with Crippen molar-refractivity contribution in [1.29, 1.82) is 0 Å². The van der Waals surface area contributed by atoms with Crippen LogP contribution in [0.15, 0.2) is 56.7 Å². The average molecular weight is 435 g/mol. The minimum Gasteiger partial charge on any atom is -0.339 e. The second-order valence-corrected chi connectivity index (χ2v) is 8.23. The Bertz CT molecular complexity index is 803. The van der Waals surface area contributed by atoms with Gasteiger partial charge in [-0.3, -0.25) is 14.9 Å². The van der Waals surface area contributed by atoms with Gasteiger partial charge in [0.1, 0.15) is 0 Å². The van der Waals surface area contributed by atoms with Crippen LogP contribution in [0.2, 0.25) is 0 Å². The van der Waals surface area contributed by atoms with Gasteiger partial charge in [0.25, 0.3) is 11.6 Å². The predicted octanol–water partition coefficient (Wildman–Crippen LogP) is 5.52. The number of halogens is 1. The molecule has 0 atom stereocenters. The maximum Gasteiger partial charge on any atom is 0.284 e. The number of carbonyl (C=O) groups is 1. The summed E-state index contributed by atoms with van der Waals surface area (Å²) < 4.78 is 0.953. The van der Waals surface area contributed by atoms with E-state index in [2.05, 4.69) is 15.9 Å². The summed E-state index contributed by atoms with van der Waals surface area (Å²) >= 11 is 4.70. The Morgan fingerprint density at radius 1 is 1.04 bits per heavy atom. The van der Waals surface area contributed by atoms with E-state index in [1.807, 2.05) is 29.2 Å². The van der Waals surface area contributed by atoms with Crippen molar-refractivity contribution >= 4 is 39.3 Å². The molecule has 3 rings (SSSR count). The van der Waals surface area contributed by atoms with Crippen molar-refractivity contribution in [3.8, 4) is 0 Å². The summed E-state index contributed by atoms with van der Waals surface area (Å²) in [5, 5.41) is 11.5. The van der Waals surface area contributed by atoms with Crippen molar-refractivity contribution in [1.82, 2.24) is 4.90 Å². The van der Waals surface area contributed by atoms with Crippen molar-refractivity contribution in [2.75, 3.05) is 13.1 Å². The van der Waals surface area contributed by atoms with E-state index >= 15 is 0 Å². The highest BCUT2D eigenvalue weighted by atomic mass is 79.9. The topological polar surface area (TPSA) is 63.4 Å². The second-order valence-electron chi connectivity index (χ2n) is 6.20. The van der Waals surface area contributed by atoms with Gasteiger partial charge in [-0.2, -0.15) is 0 Å². The monoisotopic (exact) mass is 434 g/mol. The lowest BCUT2D eigenvalue weighted by atomic mass is 10.1. The lowest BCUT2D eigenvalue weighted by molar-refractivity contribution is -0.387. The van der Waals surface area contributed by atoms with Gasteiger partial charge in [0, 0.05) is 34.1 Å². The number of carbonyl (C=O) groups excluding carboxylic acids is 1. The number of nitro benzene ring substituents is 1. The molecule has 1 aliphatic heterocycles. The summed E-state index contributed by atoms with van der Waals surface area (Å²) in [7, 11) is 0. The molecule has 1 aliphatic rings. The van der Waals surface area contributed by atoms with Gasteiger partial charge in [-0.15, -0.1) is 0 Å². The quantitative estimate of drug-likeness (QED) is 0.468. The number of amides is 1. The van der Waals surface area contributed by atoms with Crippen LogP contribution >= 0.6 is 27.7 Å². The van der Waals surface area contributed by atoms with Gasteiger partial charge in [-0.05, 0) is 49.2 Å². The number of hydrogen-bond donors (Lipinski definition) is 0. The highest BCUT2D eigenvalue weighted by Gasteiger charge is 2.22. The molecule has 1 heterocycles. The van der Waals surface area contributed by atoms with Crippen LogP contribution in [0.25, 0.3) is 0 Å². The molecule has 0 saturated carbocycles. The van der Waals surface area contributed by atoms with Crippen LogP contribution < -0.4 is 0 Å². The molecule has 1 amide bonds. The Morgan fingerprint density at radius 3 is 2.31 bits per heavy atom. The molecular formula is C19H19BrN2O3S. The molecule has 0 radical (unpaired) electrons. The van der Waals surface area contributed by atoms with Crippen LogP contribution in [0, 0.1) is 10.1 Å². The first-order chi connectivity index (χ1) is 12.5. The molecule has 0 bridgehead atoms. The van der Waals surface area contributed by atoms with E-state index in [9.17, 15) is 14.9 Å². The van der Waals surface area contributed by atoms with Crippen LogP contribution in [0.4, 0.5) is 5.69 Å². The summed E-state index contributed by atoms with van der Waals surface area (Å²) in [5.41, 5.74) is 0.359. The molecule has 2 aromatic carbocycles. The normalized spacial score (nSPS) is 14.7. The van der Waals surface area contributed by atoms with Crippen LogP contribution in [-0.2, 0) is 0 Å². The molecule has 0 spiro atoms. The third kappa shape index (κ3) is 4.65. The third-order valence-electron chi connectivity index (χ3n) is 4.34. The van der Waals surface area contributed by atoms with E-state index in [0.29, 0.717) is 10.5 Å². The lowest BCUT2D eigenvalue weighted by Gasteiger charge is -2.20. The molecule has 1 fully saturated rings. The number of nitrogens with zero attached hydrogens (tertiary/aromatic N) is 2. The Morgan fingerprint density at radius 2 is 1.69 bits per heavy atom. The molecule has 0 unspecified atom stereocenters. The molecule has 26 heavy (non-hydrogen) atoms. The maximum atomic E-state index is 12.7. The van der Waals surface area contributed by atoms with E-state index in [4.69, 9.17) is 0 Å². The Balaban J connectivity index is 1.85. The molecule has 1 saturated heterocycles. The fourth-order valence-corrected chi connectivity index (χ4v) is 4.13. The van der Waals surface area contributed by atoms with Gasteiger partial charge in [-0.25, -0.2) is 0 Å². The van der Waals surface area contributed by atoms with E-state index in [1.54, 1.807) is 12.1 Å². The summed E-state index contributed by atoms with van der Waals surface area (Å²) in [6.07, 6.45) is 4.25. The molecule has 0 aromatic heterocycles. The van der Waals surface area contributed by atoms with Gasteiger partial charge in [0.2, 0.25) is 0 Å². The zero-order valence-corrected chi connectivity index (χ0v) is 16.6. The summed E-state index contributed by atoms with van der Waals surface area (Å²) in [6, 6.07) is 12.4. The zero-order chi connectivity index (χ0) is 18.5. The number of benzene rings is 2. The second kappa shape index (κ2) is 8.68. The van der Waals surface area contributed by atoms with Gasteiger partial charge < -0.3 is 4.90 Å². The first-order valence-corrected chi connectivity index (χ1v) is 10.2. The van der Waals surface area contributed by atoms with Gasteiger partial charge >= 0.3 is 0 Å². The molecule has 0 N–H and O–H groups in total. The predicted molar refractivity (Wildman–Crippen MR) is 106 cm³/mol. The fraction of sp³-hybridized carbons (Fsp3) is 0.316. The van der Waals surface area contributed by atoms with Crippen LogP contribution in [0.3, 0.4) is 0 Å². The SMILES string of the molecule is O=C(c1ccc(Sc2ccc(Br)cc2)c([N+](=O)[O-])c1)N1CCCCCC1. The first-order valence-electron chi connectivity index (χ1n) is 8.56. The molecule has 0 aliphatic carbocycles. The van der Waals surface area contributed by atoms with Gasteiger partial charge in [-0.1, -0.05) is 40.5 Å². The Hall–Kier alpha value is -1.86. The minimum absolute atomic E-state index is 0.0291. The van der Waals surface area contributed by atoms with Crippen LogP contribution in [0.1, 0.15) is 36.0 Å². The average Bonchev–Trinajstić information content (AvgIpc) is 2.92. The highest BCUT2D eigenvalue weighted by Crippen LogP contribution is 2.36. The van der Waals surface area contributed by atoms with Gasteiger partial charge in [0.05, 0.1) is 9.82 Å². The molecule has 2 aromatic rings. The van der Waals surface area contributed by atoms with Crippen molar-refractivity contribution < 1.29 is 9.72 Å². The number of nitro groups is 1. The Kier molecular flexibility index (Phi) is 6.32. The largest absolute Gasteiger partial charge is 0.339 e. The van der Waals surface area contributed by atoms with Crippen LogP contribution in [-0.4, -0.2) is 28.8 Å². The third-order valence-corrected chi connectivity index (χ3v) is 5.94. The summed E-state index contributed by atoms with van der Waals surface area (Å²) in [6.45, 7) is 1.45. The standard InChI is InChI=1S/C19H19BrN2O3S/c20-15-6-8-16(9-7-15)26-18-10-5-14(13-17(18)22(24)25)19(23)21-11-3-1-2-4-12-21/h5-10,13H,1-4,11-12H2. The molecular weight excluding hydrogens is 416 g/mol. The van der Waals surface area contributed by atoms with E-state index in [1.165, 1.54) is 17.8 Å². The van der Waals surface area contributed by atoms with E-state index in [-0.39, 0.29) is 11.6 Å². The highest BCUT2D eigenvalue weighted by molar-refractivity contribution is 9.10. The minimum atomic E-state index is -0.416. The van der Waals surface area contributed by atoms with E-state index < -0.39 is 4.92 Å². The molecule has 136 valence electrons.